The van der Waals surface area contributed by atoms with Crippen LogP contribution in [0.3, 0.4) is 0 Å². The highest BCUT2D eigenvalue weighted by atomic mass is 16.6. The van der Waals surface area contributed by atoms with E-state index in [1.807, 2.05) is 24.3 Å². The second-order valence-corrected chi connectivity index (χ2v) is 3.71. The van der Waals surface area contributed by atoms with Crippen molar-refractivity contribution in [2.45, 2.75) is 6.54 Å². The lowest BCUT2D eigenvalue weighted by Gasteiger charge is -2.07. The Bertz CT molecular complexity index is 520. The van der Waals surface area contributed by atoms with Crippen molar-refractivity contribution in [2.24, 2.45) is 5.73 Å². The Kier molecular flexibility index (Phi) is 3.69. The fraction of sp³-hybridized carbons (Fsp3) is 0.154. The minimum Gasteiger partial charge on any atom is -0.368 e. The summed E-state index contributed by atoms with van der Waals surface area (Å²) in [4.78, 5) is 15.4. The quantitative estimate of drug-likeness (QED) is 0.602. The van der Waals surface area contributed by atoms with Crippen molar-refractivity contribution >= 4 is 16.7 Å². The van der Waals surface area contributed by atoms with Crippen LogP contribution in [0.15, 0.2) is 42.5 Å². The Morgan fingerprint density at radius 3 is 2.76 bits per heavy atom. The number of hydroxylamine groups is 1. The SMILES string of the molecule is NC(=O)CONCc1cccc2ccccc12. The molecule has 0 fully saturated rings. The van der Waals surface area contributed by atoms with E-state index in [1.54, 1.807) is 0 Å². The van der Waals surface area contributed by atoms with Gasteiger partial charge in [-0.15, -0.1) is 0 Å². The van der Waals surface area contributed by atoms with Gasteiger partial charge in [0.15, 0.2) is 0 Å². The van der Waals surface area contributed by atoms with Crippen molar-refractivity contribution in [1.82, 2.24) is 5.48 Å². The van der Waals surface area contributed by atoms with Crippen molar-refractivity contribution in [2.75, 3.05) is 6.61 Å². The average molecular weight is 230 g/mol. The van der Waals surface area contributed by atoms with Crippen molar-refractivity contribution in [1.29, 1.82) is 0 Å². The molecular weight excluding hydrogens is 216 g/mol. The van der Waals surface area contributed by atoms with E-state index >= 15 is 0 Å². The zero-order valence-corrected chi connectivity index (χ0v) is 9.35. The summed E-state index contributed by atoms with van der Waals surface area (Å²) in [7, 11) is 0. The molecule has 4 heteroatoms. The van der Waals surface area contributed by atoms with Gasteiger partial charge >= 0.3 is 0 Å². The molecule has 88 valence electrons. The maximum atomic E-state index is 10.5. The Morgan fingerprint density at radius 1 is 1.18 bits per heavy atom. The highest BCUT2D eigenvalue weighted by Crippen LogP contribution is 2.17. The van der Waals surface area contributed by atoms with Crippen LogP contribution in [0, 0.1) is 0 Å². The number of hydrogen-bond donors (Lipinski definition) is 2. The normalized spacial score (nSPS) is 10.6. The van der Waals surface area contributed by atoms with Gasteiger partial charge in [-0.1, -0.05) is 42.5 Å². The van der Waals surface area contributed by atoms with E-state index in [-0.39, 0.29) is 6.61 Å². The van der Waals surface area contributed by atoms with Crippen LogP contribution in [0.4, 0.5) is 0 Å². The van der Waals surface area contributed by atoms with Gasteiger partial charge < -0.3 is 5.73 Å². The highest BCUT2D eigenvalue weighted by Gasteiger charge is 2.00. The molecule has 0 atom stereocenters. The predicted octanol–water partition coefficient (Wildman–Crippen LogP) is 1.35. The van der Waals surface area contributed by atoms with Crippen molar-refractivity contribution in [3.05, 3.63) is 48.0 Å². The zero-order chi connectivity index (χ0) is 12.1. The molecule has 0 spiro atoms. The molecule has 0 aliphatic heterocycles. The van der Waals surface area contributed by atoms with Gasteiger partial charge in [0, 0.05) is 6.54 Å². The molecule has 0 aliphatic carbocycles. The molecule has 1 amide bonds. The third kappa shape index (κ3) is 3.03. The molecule has 0 unspecified atom stereocenters. The largest absolute Gasteiger partial charge is 0.368 e. The van der Waals surface area contributed by atoms with Crippen LogP contribution in [-0.2, 0) is 16.2 Å². The lowest BCUT2D eigenvalue weighted by molar-refractivity contribution is -0.125. The van der Waals surface area contributed by atoms with Crippen LogP contribution < -0.4 is 11.2 Å². The van der Waals surface area contributed by atoms with Crippen LogP contribution in [0.5, 0.6) is 0 Å². The average Bonchev–Trinajstić information content (AvgIpc) is 2.34. The van der Waals surface area contributed by atoms with Gasteiger partial charge in [-0.2, -0.15) is 5.48 Å². The van der Waals surface area contributed by atoms with E-state index in [4.69, 9.17) is 10.6 Å². The summed E-state index contributed by atoms with van der Waals surface area (Å²) in [6, 6.07) is 14.2. The first kappa shape index (κ1) is 11.6. The van der Waals surface area contributed by atoms with Crippen LogP contribution in [0.25, 0.3) is 10.8 Å². The molecule has 0 saturated carbocycles. The molecule has 0 heterocycles. The summed E-state index contributed by atoms with van der Waals surface area (Å²) in [6.07, 6.45) is 0. The van der Waals surface area contributed by atoms with Gasteiger partial charge in [0.05, 0.1) is 0 Å². The first-order chi connectivity index (χ1) is 8.27. The fourth-order valence-electron chi connectivity index (χ4n) is 1.70. The second kappa shape index (κ2) is 5.43. The van der Waals surface area contributed by atoms with Gasteiger partial charge in [-0.25, -0.2) is 0 Å². The number of benzene rings is 2. The third-order valence-electron chi connectivity index (χ3n) is 2.46. The summed E-state index contributed by atoms with van der Waals surface area (Å²) in [6.45, 7) is 0.416. The summed E-state index contributed by atoms with van der Waals surface area (Å²) in [5.41, 5.74) is 8.80. The lowest BCUT2D eigenvalue weighted by atomic mass is 10.1. The number of hydrogen-bond acceptors (Lipinski definition) is 3. The smallest absolute Gasteiger partial charge is 0.245 e. The van der Waals surface area contributed by atoms with Crippen molar-refractivity contribution < 1.29 is 9.63 Å². The van der Waals surface area contributed by atoms with Gasteiger partial charge in [0.2, 0.25) is 5.91 Å². The number of amides is 1. The monoisotopic (exact) mass is 230 g/mol. The lowest BCUT2D eigenvalue weighted by Crippen LogP contribution is -2.24. The summed E-state index contributed by atoms with van der Waals surface area (Å²) in [5.74, 6) is -0.490. The maximum Gasteiger partial charge on any atom is 0.245 e. The second-order valence-electron chi connectivity index (χ2n) is 3.71. The van der Waals surface area contributed by atoms with Crippen LogP contribution in [0.2, 0.25) is 0 Å². The molecule has 17 heavy (non-hydrogen) atoms. The number of carbonyl (C=O) groups is 1. The molecule has 2 aromatic carbocycles. The molecule has 0 aliphatic rings. The van der Waals surface area contributed by atoms with Crippen LogP contribution in [0.1, 0.15) is 5.56 Å². The van der Waals surface area contributed by atoms with E-state index in [0.717, 1.165) is 5.56 Å². The van der Waals surface area contributed by atoms with Gasteiger partial charge in [-0.05, 0) is 16.3 Å². The minimum absolute atomic E-state index is 0.120. The third-order valence-corrected chi connectivity index (χ3v) is 2.46. The van der Waals surface area contributed by atoms with Gasteiger partial charge in [0.1, 0.15) is 6.61 Å². The number of primary amides is 1. The summed E-state index contributed by atoms with van der Waals surface area (Å²) < 4.78 is 0. The van der Waals surface area contributed by atoms with E-state index in [2.05, 4.69) is 23.7 Å². The number of nitrogens with two attached hydrogens (primary N) is 1. The first-order valence-corrected chi connectivity index (χ1v) is 5.37. The number of nitrogens with one attached hydrogen (secondary N) is 1. The van der Waals surface area contributed by atoms with Crippen molar-refractivity contribution in [3.8, 4) is 0 Å². The number of rotatable bonds is 5. The molecule has 3 N–H and O–H groups in total. The first-order valence-electron chi connectivity index (χ1n) is 5.37. The van der Waals surface area contributed by atoms with Gasteiger partial charge in [0.25, 0.3) is 0 Å². The maximum absolute atomic E-state index is 10.5. The van der Waals surface area contributed by atoms with Gasteiger partial charge in [-0.3, -0.25) is 9.63 Å². The Morgan fingerprint density at radius 2 is 1.94 bits per heavy atom. The molecule has 0 radical (unpaired) electrons. The van der Waals surface area contributed by atoms with Crippen molar-refractivity contribution in [3.63, 3.8) is 0 Å². The summed E-state index contributed by atoms with van der Waals surface area (Å²) >= 11 is 0. The topological polar surface area (TPSA) is 64.4 Å². The Balaban J connectivity index is 2.05. The molecule has 0 aromatic heterocycles. The molecule has 0 bridgehead atoms. The molecule has 2 aromatic rings. The molecule has 2 rings (SSSR count). The number of fused-ring (bicyclic) bond motifs is 1. The Labute approximate surface area is 99.3 Å². The standard InChI is InChI=1S/C13H14N2O2/c14-13(16)9-17-15-8-11-6-3-5-10-4-1-2-7-12(10)11/h1-7,15H,8-9H2,(H2,14,16). The minimum atomic E-state index is -0.490. The molecule has 0 saturated heterocycles. The highest BCUT2D eigenvalue weighted by molar-refractivity contribution is 5.85. The predicted molar refractivity (Wildman–Crippen MR) is 65.9 cm³/mol. The van der Waals surface area contributed by atoms with E-state index in [0.29, 0.717) is 6.54 Å². The number of carbonyl (C=O) groups excluding carboxylic acids is 1. The van der Waals surface area contributed by atoms with Crippen LogP contribution in [-0.4, -0.2) is 12.5 Å². The summed E-state index contributed by atoms with van der Waals surface area (Å²) in [5, 5.41) is 2.35. The fourth-order valence-corrected chi connectivity index (χ4v) is 1.70. The molecular formula is C13H14N2O2. The van der Waals surface area contributed by atoms with Crippen LogP contribution >= 0.6 is 0 Å². The van der Waals surface area contributed by atoms with E-state index < -0.39 is 5.91 Å². The Hall–Kier alpha value is -1.91. The van der Waals surface area contributed by atoms with E-state index in [9.17, 15) is 4.79 Å². The zero-order valence-electron chi connectivity index (χ0n) is 9.35. The molecule has 4 nitrogen and oxygen atoms in total. The van der Waals surface area contributed by atoms with E-state index in [1.165, 1.54) is 10.8 Å².